The first-order valence-corrected chi connectivity index (χ1v) is 7.12. The number of benzene rings is 1. The molecule has 6 nitrogen and oxygen atoms in total. The van der Waals surface area contributed by atoms with Crippen LogP contribution in [-0.4, -0.2) is 21.0 Å². The maximum absolute atomic E-state index is 11.8. The van der Waals surface area contributed by atoms with Crippen molar-refractivity contribution in [2.45, 2.75) is 6.54 Å². The summed E-state index contributed by atoms with van der Waals surface area (Å²) in [6.45, 7) is 0.425. The molecule has 0 radical (unpaired) electrons. The fraction of sp³-hybridized carbons (Fsp3) is 0.0588. The lowest BCUT2D eigenvalue weighted by Gasteiger charge is -2.07. The molecular formula is C17H15N5O. The number of nitrogens with zero attached hydrogens (tertiary/aromatic N) is 3. The summed E-state index contributed by atoms with van der Waals surface area (Å²) >= 11 is 0. The van der Waals surface area contributed by atoms with Gasteiger partial charge in [-0.25, -0.2) is 9.78 Å². The van der Waals surface area contributed by atoms with E-state index in [-0.39, 0.29) is 6.03 Å². The van der Waals surface area contributed by atoms with Crippen LogP contribution in [-0.2, 0) is 6.54 Å². The lowest BCUT2D eigenvalue weighted by molar-refractivity contribution is 0.251. The van der Waals surface area contributed by atoms with Crippen molar-refractivity contribution in [2.75, 3.05) is 5.32 Å². The van der Waals surface area contributed by atoms with E-state index in [4.69, 9.17) is 0 Å². The van der Waals surface area contributed by atoms with Crippen molar-refractivity contribution in [3.05, 3.63) is 72.8 Å². The van der Waals surface area contributed by atoms with Gasteiger partial charge >= 0.3 is 6.03 Å². The Morgan fingerprint density at radius 3 is 2.52 bits per heavy atom. The van der Waals surface area contributed by atoms with E-state index in [1.54, 1.807) is 12.4 Å². The molecule has 0 aliphatic rings. The Morgan fingerprint density at radius 2 is 1.83 bits per heavy atom. The summed E-state index contributed by atoms with van der Waals surface area (Å²) < 4.78 is 0. The van der Waals surface area contributed by atoms with E-state index in [0.717, 1.165) is 16.8 Å². The summed E-state index contributed by atoms with van der Waals surface area (Å²) in [5.74, 6) is 0.412. The standard InChI is InChI=1S/C17H15N5O/c23-17(22-16-12-18-9-10-20-16)21-11-13-4-6-14(7-5-13)15-3-1-2-8-19-15/h1-10,12H,11H2,(H2,20,21,22,23). The summed E-state index contributed by atoms with van der Waals surface area (Å²) in [5.41, 5.74) is 2.96. The average Bonchev–Trinajstić information content (AvgIpc) is 2.62. The number of carbonyl (C=O) groups excluding carboxylic acids is 1. The molecule has 2 N–H and O–H groups in total. The van der Waals surface area contributed by atoms with Gasteiger partial charge in [0.15, 0.2) is 5.82 Å². The van der Waals surface area contributed by atoms with E-state index >= 15 is 0 Å². The van der Waals surface area contributed by atoms with E-state index in [9.17, 15) is 4.79 Å². The third-order valence-electron chi connectivity index (χ3n) is 3.17. The molecular weight excluding hydrogens is 290 g/mol. The van der Waals surface area contributed by atoms with Gasteiger partial charge in [0.05, 0.1) is 11.9 Å². The average molecular weight is 305 g/mol. The van der Waals surface area contributed by atoms with E-state index in [2.05, 4.69) is 25.6 Å². The first-order valence-electron chi connectivity index (χ1n) is 7.12. The summed E-state index contributed by atoms with van der Waals surface area (Å²) in [6, 6.07) is 13.4. The summed E-state index contributed by atoms with van der Waals surface area (Å²) in [5, 5.41) is 5.39. The van der Waals surface area contributed by atoms with Crippen LogP contribution in [0, 0.1) is 0 Å². The van der Waals surface area contributed by atoms with E-state index < -0.39 is 0 Å². The van der Waals surface area contributed by atoms with Crippen molar-refractivity contribution in [1.82, 2.24) is 20.3 Å². The van der Waals surface area contributed by atoms with Crippen molar-refractivity contribution in [3.63, 3.8) is 0 Å². The van der Waals surface area contributed by atoms with Gasteiger partial charge in [-0.3, -0.25) is 15.3 Å². The highest BCUT2D eigenvalue weighted by molar-refractivity contribution is 5.87. The number of rotatable bonds is 4. The van der Waals surface area contributed by atoms with Crippen LogP contribution >= 0.6 is 0 Å². The predicted octanol–water partition coefficient (Wildman–Crippen LogP) is 2.86. The van der Waals surface area contributed by atoms with E-state index in [1.807, 2.05) is 42.5 Å². The zero-order chi connectivity index (χ0) is 15.9. The Balaban J connectivity index is 1.55. The fourth-order valence-electron chi connectivity index (χ4n) is 2.03. The predicted molar refractivity (Wildman–Crippen MR) is 87.6 cm³/mol. The van der Waals surface area contributed by atoms with Gasteiger partial charge in [-0.15, -0.1) is 0 Å². The number of anilines is 1. The number of carbonyl (C=O) groups is 1. The van der Waals surface area contributed by atoms with Gasteiger partial charge < -0.3 is 5.32 Å². The van der Waals surface area contributed by atoms with Crippen LogP contribution in [0.1, 0.15) is 5.56 Å². The Morgan fingerprint density at radius 1 is 0.957 bits per heavy atom. The molecule has 0 bridgehead atoms. The fourth-order valence-corrected chi connectivity index (χ4v) is 2.03. The number of urea groups is 1. The molecule has 0 aliphatic carbocycles. The molecule has 0 aliphatic heterocycles. The van der Waals surface area contributed by atoms with Gasteiger partial charge in [-0.05, 0) is 17.7 Å². The smallest absolute Gasteiger partial charge is 0.320 e. The maximum Gasteiger partial charge on any atom is 0.320 e. The van der Waals surface area contributed by atoms with Crippen LogP contribution in [0.15, 0.2) is 67.3 Å². The highest BCUT2D eigenvalue weighted by Crippen LogP contribution is 2.16. The maximum atomic E-state index is 11.8. The summed E-state index contributed by atoms with van der Waals surface area (Å²) in [7, 11) is 0. The second-order valence-corrected chi connectivity index (χ2v) is 4.81. The third kappa shape index (κ3) is 4.10. The van der Waals surface area contributed by atoms with Crippen molar-refractivity contribution in [1.29, 1.82) is 0 Å². The first-order chi connectivity index (χ1) is 11.3. The van der Waals surface area contributed by atoms with Crippen LogP contribution in [0.2, 0.25) is 0 Å². The number of nitrogens with one attached hydrogen (secondary N) is 2. The molecule has 2 amide bonds. The molecule has 2 heterocycles. The molecule has 0 saturated heterocycles. The molecule has 0 unspecified atom stereocenters. The van der Waals surface area contributed by atoms with Crippen LogP contribution in [0.3, 0.4) is 0 Å². The second-order valence-electron chi connectivity index (χ2n) is 4.81. The zero-order valence-corrected chi connectivity index (χ0v) is 12.3. The molecule has 6 heteroatoms. The van der Waals surface area contributed by atoms with Crippen molar-refractivity contribution in [3.8, 4) is 11.3 Å². The highest BCUT2D eigenvalue weighted by Gasteiger charge is 2.03. The monoisotopic (exact) mass is 305 g/mol. The SMILES string of the molecule is O=C(NCc1ccc(-c2ccccn2)cc1)Nc1cnccn1. The second kappa shape index (κ2) is 7.13. The topological polar surface area (TPSA) is 79.8 Å². The van der Waals surface area contributed by atoms with Gasteiger partial charge in [0, 0.05) is 30.7 Å². The Bertz CT molecular complexity index is 760. The third-order valence-corrected chi connectivity index (χ3v) is 3.17. The molecule has 114 valence electrons. The highest BCUT2D eigenvalue weighted by atomic mass is 16.2. The molecule has 0 atom stereocenters. The van der Waals surface area contributed by atoms with Crippen LogP contribution in [0.4, 0.5) is 10.6 Å². The molecule has 0 saturated carbocycles. The Hall–Kier alpha value is -3.28. The minimum absolute atomic E-state index is 0.320. The molecule has 0 spiro atoms. The number of pyridine rings is 1. The lowest BCUT2D eigenvalue weighted by Crippen LogP contribution is -2.28. The number of hydrogen-bond acceptors (Lipinski definition) is 4. The lowest BCUT2D eigenvalue weighted by atomic mass is 10.1. The van der Waals surface area contributed by atoms with Gasteiger partial charge in [0.25, 0.3) is 0 Å². The molecule has 2 aromatic heterocycles. The van der Waals surface area contributed by atoms with E-state index in [0.29, 0.717) is 12.4 Å². The number of amides is 2. The largest absolute Gasteiger partial charge is 0.334 e. The van der Waals surface area contributed by atoms with Gasteiger partial charge in [0.1, 0.15) is 0 Å². The van der Waals surface area contributed by atoms with Crippen LogP contribution in [0.5, 0.6) is 0 Å². The van der Waals surface area contributed by atoms with Gasteiger partial charge in [-0.1, -0.05) is 30.3 Å². The summed E-state index contributed by atoms with van der Waals surface area (Å²) in [6.07, 6.45) is 6.32. The minimum Gasteiger partial charge on any atom is -0.334 e. The molecule has 0 fully saturated rings. The van der Waals surface area contributed by atoms with Crippen LogP contribution < -0.4 is 10.6 Å². The van der Waals surface area contributed by atoms with Crippen LogP contribution in [0.25, 0.3) is 11.3 Å². The zero-order valence-electron chi connectivity index (χ0n) is 12.3. The van der Waals surface area contributed by atoms with Crippen molar-refractivity contribution in [2.24, 2.45) is 0 Å². The number of aromatic nitrogens is 3. The van der Waals surface area contributed by atoms with Gasteiger partial charge in [-0.2, -0.15) is 0 Å². The Kier molecular flexibility index (Phi) is 4.54. The molecule has 3 rings (SSSR count). The van der Waals surface area contributed by atoms with Gasteiger partial charge in [0.2, 0.25) is 0 Å². The quantitative estimate of drug-likeness (QED) is 0.776. The van der Waals surface area contributed by atoms with Crippen molar-refractivity contribution >= 4 is 11.8 Å². The van der Waals surface area contributed by atoms with E-state index in [1.165, 1.54) is 12.4 Å². The first kappa shape index (κ1) is 14.6. The molecule has 1 aromatic carbocycles. The number of hydrogen-bond donors (Lipinski definition) is 2. The molecule has 3 aromatic rings. The normalized spacial score (nSPS) is 10.1. The summed E-state index contributed by atoms with van der Waals surface area (Å²) in [4.78, 5) is 23.9. The minimum atomic E-state index is -0.320. The molecule has 23 heavy (non-hydrogen) atoms. The Labute approximate surface area is 133 Å². The van der Waals surface area contributed by atoms with Crippen molar-refractivity contribution < 1.29 is 4.79 Å².